The number of benzene rings is 2. The number of furan rings is 1. The molecule has 0 aliphatic carbocycles. The van der Waals surface area contributed by atoms with Crippen molar-refractivity contribution in [3.05, 3.63) is 98.1 Å². The number of aromatic nitrogens is 2. The number of ether oxygens (including phenoxy) is 1. The Bertz CT molecular complexity index is 1250. The van der Waals surface area contributed by atoms with Gasteiger partial charge in [-0.3, -0.25) is 9.48 Å². The van der Waals surface area contributed by atoms with E-state index in [0.29, 0.717) is 28.0 Å². The highest BCUT2D eigenvalue weighted by molar-refractivity contribution is 6.40. The van der Waals surface area contributed by atoms with Crippen LogP contribution in [-0.2, 0) is 13.2 Å². The number of carbonyl (C=O) groups is 1. The van der Waals surface area contributed by atoms with Crippen molar-refractivity contribution in [3.8, 4) is 5.75 Å². The van der Waals surface area contributed by atoms with Crippen molar-refractivity contribution in [1.82, 2.24) is 9.78 Å². The first-order valence-corrected chi connectivity index (χ1v) is 10.8. The number of nitrogens with one attached hydrogen (secondary N) is 1. The number of hydrogen-bond acceptors (Lipinski definition) is 4. The van der Waals surface area contributed by atoms with Crippen molar-refractivity contribution < 1.29 is 13.9 Å². The minimum Gasteiger partial charge on any atom is -0.483 e. The Morgan fingerprint density at radius 1 is 1.03 bits per heavy atom. The van der Waals surface area contributed by atoms with E-state index in [9.17, 15) is 4.79 Å². The summed E-state index contributed by atoms with van der Waals surface area (Å²) in [4.78, 5) is 12.6. The number of halogens is 4. The molecule has 0 radical (unpaired) electrons. The van der Waals surface area contributed by atoms with Crippen molar-refractivity contribution in [2.24, 2.45) is 0 Å². The zero-order valence-corrected chi connectivity index (χ0v) is 19.3. The molecule has 0 saturated carbocycles. The van der Waals surface area contributed by atoms with Crippen molar-refractivity contribution in [1.29, 1.82) is 0 Å². The van der Waals surface area contributed by atoms with Crippen LogP contribution < -0.4 is 10.1 Å². The highest BCUT2D eigenvalue weighted by atomic mass is 35.5. The maximum atomic E-state index is 12.6. The minimum absolute atomic E-state index is 0.0380. The fraction of sp³-hybridized carbons (Fsp3) is 0.0909. The summed E-state index contributed by atoms with van der Waals surface area (Å²) < 4.78 is 12.9. The van der Waals surface area contributed by atoms with E-state index >= 15 is 0 Å². The molecule has 0 atom stereocenters. The lowest BCUT2D eigenvalue weighted by atomic mass is 10.2. The molecule has 1 amide bonds. The third kappa shape index (κ3) is 5.58. The summed E-state index contributed by atoms with van der Waals surface area (Å²) >= 11 is 24.0. The first kappa shape index (κ1) is 22.6. The van der Waals surface area contributed by atoms with E-state index in [2.05, 4.69) is 10.4 Å². The molecule has 4 aromatic rings. The molecule has 1 N–H and O–H groups in total. The Balaban J connectivity index is 1.38. The third-order valence-electron chi connectivity index (χ3n) is 4.34. The highest BCUT2D eigenvalue weighted by Crippen LogP contribution is 2.36. The number of nitrogens with zero attached hydrogens (tertiary/aromatic N) is 2. The third-order valence-corrected chi connectivity index (χ3v) is 5.31. The van der Waals surface area contributed by atoms with Crippen LogP contribution in [0.5, 0.6) is 5.75 Å². The maximum absolute atomic E-state index is 12.6. The molecule has 0 bridgehead atoms. The number of anilines is 1. The first-order valence-electron chi connectivity index (χ1n) is 9.31. The summed E-state index contributed by atoms with van der Waals surface area (Å²) in [6, 6.07) is 13.7. The summed E-state index contributed by atoms with van der Waals surface area (Å²) in [6.45, 7) is 0.560. The second kappa shape index (κ2) is 9.88. The number of hydrogen-bond donors (Lipinski definition) is 1. The molecule has 0 aliphatic rings. The molecular formula is C22H15Cl4N3O3. The van der Waals surface area contributed by atoms with Gasteiger partial charge >= 0.3 is 0 Å². The van der Waals surface area contributed by atoms with Crippen LogP contribution in [0.1, 0.15) is 21.9 Å². The van der Waals surface area contributed by atoms with E-state index in [0.717, 1.165) is 5.56 Å². The van der Waals surface area contributed by atoms with Crippen molar-refractivity contribution in [2.45, 2.75) is 13.2 Å². The molecular weight excluding hydrogens is 496 g/mol. The predicted molar refractivity (Wildman–Crippen MR) is 125 cm³/mol. The van der Waals surface area contributed by atoms with Gasteiger partial charge in [-0.05, 0) is 42.0 Å². The lowest BCUT2D eigenvalue weighted by molar-refractivity contribution is 0.0992. The number of amides is 1. The van der Waals surface area contributed by atoms with E-state index in [1.165, 1.54) is 12.1 Å². The number of rotatable bonds is 7. The molecule has 0 fully saturated rings. The topological polar surface area (TPSA) is 69.3 Å². The maximum Gasteiger partial charge on any atom is 0.291 e. The largest absolute Gasteiger partial charge is 0.483 e. The van der Waals surface area contributed by atoms with Crippen LogP contribution in [-0.4, -0.2) is 15.7 Å². The molecule has 2 aromatic carbocycles. The second-order valence-corrected chi connectivity index (χ2v) is 8.45. The van der Waals surface area contributed by atoms with E-state index in [4.69, 9.17) is 55.6 Å². The van der Waals surface area contributed by atoms with Crippen LogP contribution in [0, 0.1) is 0 Å². The van der Waals surface area contributed by atoms with Gasteiger partial charge < -0.3 is 14.5 Å². The van der Waals surface area contributed by atoms with Gasteiger partial charge in [0.25, 0.3) is 5.91 Å². The van der Waals surface area contributed by atoms with Gasteiger partial charge in [-0.15, -0.1) is 0 Å². The summed E-state index contributed by atoms with van der Waals surface area (Å²) in [5, 5.41) is 8.50. The van der Waals surface area contributed by atoms with Gasteiger partial charge in [0.1, 0.15) is 12.4 Å². The van der Waals surface area contributed by atoms with Gasteiger partial charge in [0.2, 0.25) is 0 Å². The average Bonchev–Trinajstić information content (AvgIpc) is 3.36. The first-order chi connectivity index (χ1) is 15.4. The molecule has 164 valence electrons. The normalized spacial score (nSPS) is 10.9. The van der Waals surface area contributed by atoms with E-state index in [-0.39, 0.29) is 28.2 Å². The van der Waals surface area contributed by atoms with Crippen LogP contribution in [0.25, 0.3) is 0 Å². The monoisotopic (exact) mass is 509 g/mol. The smallest absolute Gasteiger partial charge is 0.291 e. The lowest BCUT2D eigenvalue weighted by Gasteiger charge is -2.09. The Morgan fingerprint density at radius 2 is 1.81 bits per heavy atom. The molecule has 0 spiro atoms. The van der Waals surface area contributed by atoms with Gasteiger partial charge in [0, 0.05) is 16.9 Å². The molecule has 2 aromatic heterocycles. The zero-order valence-electron chi connectivity index (χ0n) is 16.3. The minimum atomic E-state index is -0.391. The fourth-order valence-electron chi connectivity index (χ4n) is 2.94. The SMILES string of the molecule is O=C(Nc1cccc(Cn2cc(Cl)cn2)c1)c1ccc(COc2c(Cl)cc(Cl)cc2Cl)o1. The highest BCUT2D eigenvalue weighted by Gasteiger charge is 2.14. The molecule has 4 rings (SSSR count). The zero-order chi connectivity index (χ0) is 22.7. The van der Waals surface area contributed by atoms with Gasteiger partial charge in [-0.1, -0.05) is 58.5 Å². The summed E-state index contributed by atoms with van der Waals surface area (Å²) in [7, 11) is 0. The quantitative estimate of drug-likeness (QED) is 0.291. The predicted octanol–water partition coefficient (Wildman–Crippen LogP) is 6.97. The van der Waals surface area contributed by atoms with Crippen molar-refractivity contribution in [2.75, 3.05) is 5.32 Å². The van der Waals surface area contributed by atoms with Crippen LogP contribution in [0.15, 0.2) is 65.3 Å². The Hall–Kier alpha value is -2.64. The average molecular weight is 511 g/mol. The van der Waals surface area contributed by atoms with Gasteiger partial charge in [0.05, 0.1) is 27.8 Å². The Morgan fingerprint density at radius 3 is 2.53 bits per heavy atom. The molecule has 0 saturated heterocycles. The van der Waals surface area contributed by atoms with Crippen LogP contribution in [0.2, 0.25) is 20.1 Å². The van der Waals surface area contributed by atoms with Gasteiger partial charge in [0.15, 0.2) is 11.5 Å². The summed E-state index contributed by atoms with van der Waals surface area (Å²) in [6.07, 6.45) is 3.30. The van der Waals surface area contributed by atoms with E-state index in [1.807, 2.05) is 18.2 Å². The van der Waals surface area contributed by atoms with Crippen molar-refractivity contribution >= 4 is 58.0 Å². The number of carbonyl (C=O) groups excluding carboxylic acids is 1. The molecule has 10 heteroatoms. The molecule has 0 aliphatic heterocycles. The molecule has 2 heterocycles. The van der Waals surface area contributed by atoms with Gasteiger partial charge in [-0.25, -0.2) is 0 Å². The Kier molecular flexibility index (Phi) is 6.96. The molecule has 0 unspecified atom stereocenters. The van der Waals surface area contributed by atoms with E-state index in [1.54, 1.807) is 35.3 Å². The van der Waals surface area contributed by atoms with Crippen LogP contribution >= 0.6 is 46.4 Å². The molecule has 6 nitrogen and oxygen atoms in total. The lowest BCUT2D eigenvalue weighted by Crippen LogP contribution is -2.11. The fourth-order valence-corrected chi connectivity index (χ4v) is 4.02. The van der Waals surface area contributed by atoms with Crippen LogP contribution in [0.4, 0.5) is 5.69 Å². The standard InChI is InChI=1S/C22H15Cl4N3O3/c23-14-7-18(25)21(19(26)8-14)31-12-17-4-5-20(32-17)22(30)28-16-3-1-2-13(6-16)10-29-11-15(24)9-27-29/h1-9,11H,10,12H2,(H,28,30). The van der Waals surface area contributed by atoms with Crippen LogP contribution in [0.3, 0.4) is 0 Å². The van der Waals surface area contributed by atoms with Crippen molar-refractivity contribution in [3.63, 3.8) is 0 Å². The van der Waals surface area contributed by atoms with E-state index < -0.39 is 5.91 Å². The summed E-state index contributed by atoms with van der Waals surface area (Å²) in [5.41, 5.74) is 1.58. The summed E-state index contributed by atoms with van der Waals surface area (Å²) in [5.74, 6) is 0.469. The van der Waals surface area contributed by atoms with Gasteiger partial charge in [-0.2, -0.15) is 5.10 Å². The molecule has 32 heavy (non-hydrogen) atoms. The Labute approximate surface area is 203 Å². The second-order valence-electron chi connectivity index (χ2n) is 6.76.